The van der Waals surface area contributed by atoms with Crippen molar-refractivity contribution in [3.8, 4) is 44.8 Å². The Balaban J connectivity index is 1.16. The summed E-state index contributed by atoms with van der Waals surface area (Å²) in [5.41, 5.74) is 12.7. The van der Waals surface area contributed by atoms with E-state index in [-0.39, 0.29) is 21.9 Å². The SMILES string of the molecule is [B]c1c([B])c([B])c2c(c1[B])c1c([B])c(-c3ccc4c(c3)c3c(-c5ccccc5)cccc3n4-c3cccc4sc5ccccc5c34)c([B])c([B])c1n2-c1ccc(-c2ccccc2)cc1. The van der Waals surface area contributed by atoms with E-state index >= 15 is 0 Å². The lowest BCUT2D eigenvalue weighted by Gasteiger charge is -2.19. The highest BCUT2D eigenvalue weighted by atomic mass is 32.1. The fourth-order valence-corrected chi connectivity index (χ4v) is 11.1. The molecule has 0 spiro atoms. The van der Waals surface area contributed by atoms with Gasteiger partial charge in [-0.05, 0) is 87.3 Å². The van der Waals surface area contributed by atoms with Crippen LogP contribution in [-0.2, 0) is 0 Å². The van der Waals surface area contributed by atoms with Crippen LogP contribution in [0.3, 0.4) is 0 Å². The predicted molar refractivity (Wildman–Crippen MR) is 282 cm³/mol. The van der Waals surface area contributed by atoms with Crippen LogP contribution >= 0.6 is 11.3 Å². The van der Waals surface area contributed by atoms with E-state index in [9.17, 15) is 0 Å². The minimum atomic E-state index is 0.177. The maximum atomic E-state index is 7.44. The van der Waals surface area contributed by atoms with Gasteiger partial charge in [-0.25, -0.2) is 0 Å². The highest BCUT2D eigenvalue weighted by Gasteiger charge is 2.26. The topological polar surface area (TPSA) is 9.86 Å². The minimum absolute atomic E-state index is 0.177. The summed E-state index contributed by atoms with van der Waals surface area (Å²) in [4.78, 5) is 0. The number of aromatic nitrogens is 2. The first kappa shape index (κ1) is 38.9. The second kappa shape index (κ2) is 14.7. The van der Waals surface area contributed by atoms with E-state index in [2.05, 4.69) is 132 Å². The Morgan fingerprint density at radius 2 is 0.938 bits per heavy atom. The number of fused-ring (bicyclic) bond motifs is 9. The van der Waals surface area contributed by atoms with Crippen molar-refractivity contribution in [2.75, 3.05) is 0 Å². The molecule has 0 amide bonds. The van der Waals surface area contributed by atoms with Gasteiger partial charge in [0.1, 0.15) is 54.9 Å². The van der Waals surface area contributed by atoms with Crippen molar-refractivity contribution >= 4 is 168 Å². The molecule has 14 radical (unpaired) electrons. The van der Waals surface area contributed by atoms with Gasteiger partial charge in [-0.1, -0.05) is 143 Å². The number of hydrogen-bond donors (Lipinski definition) is 0. The van der Waals surface area contributed by atoms with Crippen molar-refractivity contribution in [1.29, 1.82) is 0 Å². The third kappa shape index (κ3) is 5.55. The van der Waals surface area contributed by atoms with Gasteiger partial charge in [0.05, 0.1) is 16.7 Å². The van der Waals surface area contributed by atoms with Crippen LogP contribution in [0.25, 0.3) is 109 Å². The lowest BCUT2D eigenvalue weighted by molar-refractivity contribution is 1.19. The van der Waals surface area contributed by atoms with Crippen LogP contribution < -0.4 is 38.2 Å². The Morgan fingerprint density at radius 1 is 0.344 bits per heavy atom. The molecule has 0 atom stereocenters. The first-order valence-corrected chi connectivity index (χ1v) is 21.8. The zero-order valence-electron chi connectivity index (χ0n) is 34.4. The van der Waals surface area contributed by atoms with Gasteiger partial charge in [0.2, 0.25) is 0 Å². The van der Waals surface area contributed by atoms with Gasteiger partial charge in [-0.3, -0.25) is 0 Å². The van der Waals surface area contributed by atoms with Crippen molar-refractivity contribution in [2.24, 2.45) is 0 Å². The van der Waals surface area contributed by atoms with Gasteiger partial charge < -0.3 is 9.13 Å². The minimum Gasteiger partial charge on any atom is -0.311 e. The number of hydrogen-bond acceptors (Lipinski definition) is 1. The second-order valence-corrected chi connectivity index (χ2v) is 17.4. The van der Waals surface area contributed by atoms with Crippen LogP contribution in [0.2, 0.25) is 0 Å². The molecule has 64 heavy (non-hydrogen) atoms. The maximum Gasteiger partial charge on any atom is 0.115 e. The third-order valence-electron chi connectivity index (χ3n) is 12.9. The van der Waals surface area contributed by atoms with Gasteiger partial charge >= 0.3 is 0 Å². The molecule has 2 nitrogen and oxygen atoms in total. The highest BCUT2D eigenvalue weighted by Crippen LogP contribution is 2.44. The predicted octanol–water partition coefficient (Wildman–Crippen LogP) is 6.81. The average molecular weight is 812 g/mol. The lowest BCUT2D eigenvalue weighted by atomic mass is 9.64. The van der Waals surface area contributed by atoms with Crippen molar-refractivity contribution in [1.82, 2.24) is 9.13 Å². The summed E-state index contributed by atoms with van der Waals surface area (Å²) < 4.78 is 6.81. The molecule has 12 rings (SSSR count). The van der Waals surface area contributed by atoms with E-state index in [1.54, 1.807) is 11.3 Å². The molecule has 9 aromatic carbocycles. The van der Waals surface area contributed by atoms with Gasteiger partial charge in [-0.15, -0.1) is 22.3 Å². The van der Waals surface area contributed by atoms with Gasteiger partial charge in [0.15, 0.2) is 0 Å². The van der Waals surface area contributed by atoms with Crippen LogP contribution in [0.4, 0.5) is 0 Å². The summed E-state index contributed by atoms with van der Waals surface area (Å²) in [6, 6.07) is 56.9. The molecular formula is C54H27B7N2S. The lowest BCUT2D eigenvalue weighted by Crippen LogP contribution is -2.48. The summed E-state index contributed by atoms with van der Waals surface area (Å²) in [6.07, 6.45) is 0. The molecule has 10 heteroatoms. The molecule has 0 N–H and O–H groups in total. The van der Waals surface area contributed by atoms with Crippen LogP contribution in [0, 0.1) is 0 Å². The molecule has 3 heterocycles. The molecular weight excluding hydrogens is 784 g/mol. The number of rotatable bonds is 5. The van der Waals surface area contributed by atoms with Crippen molar-refractivity contribution in [3.05, 3.63) is 164 Å². The second-order valence-electron chi connectivity index (χ2n) is 16.3. The Bertz CT molecular complexity index is 3910. The Kier molecular flexibility index (Phi) is 8.91. The smallest absolute Gasteiger partial charge is 0.115 e. The van der Waals surface area contributed by atoms with Crippen LogP contribution in [0.5, 0.6) is 0 Å². The summed E-state index contributed by atoms with van der Waals surface area (Å²) in [7, 11) is 48.9. The zero-order valence-corrected chi connectivity index (χ0v) is 35.2. The maximum absolute atomic E-state index is 7.44. The summed E-state index contributed by atoms with van der Waals surface area (Å²) in [5.74, 6) is 0. The highest BCUT2D eigenvalue weighted by molar-refractivity contribution is 7.25. The van der Waals surface area contributed by atoms with E-state index < -0.39 is 0 Å². The Morgan fingerprint density at radius 3 is 1.69 bits per heavy atom. The molecule has 0 aliphatic heterocycles. The van der Waals surface area contributed by atoms with E-state index in [0.717, 1.165) is 61.0 Å². The fourth-order valence-electron chi connectivity index (χ4n) is 9.98. The number of benzene rings is 9. The number of nitrogens with zero attached hydrogens (tertiary/aromatic N) is 2. The molecule has 0 saturated heterocycles. The Labute approximate surface area is 383 Å². The molecule has 0 fully saturated rings. The largest absolute Gasteiger partial charge is 0.311 e. The van der Waals surface area contributed by atoms with Gasteiger partial charge in [0, 0.05) is 53.1 Å². The van der Waals surface area contributed by atoms with Crippen molar-refractivity contribution in [2.45, 2.75) is 0 Å². The molecule has 280 valence electrons. The van der Waals surface area contributed by atoms with Crippen molar-refractivity contribution in [3.63, 3.8) is 0 Å². The van der Waals surface area contributed by atoms with Gasteiger partial charge in [0.25, 0.3) is 0 Å². The van der Waals surface area contributed by atoms with E-state index in [1.165, 1.54) is 20.2 Å². The summed E-state index contributed by atoms with van der Waals surface area (Å²) >= 11 is 1.81. The van der Waals surface area contributed by atoms with E-state index in [0.29, 0.717) is 43.8 Å². The quantitative estimate of drug-likeness (QED) is 0.169. The van der Waals surface area contributed by atoms with E-state index in [4.69, 9.17) is 54.9 Å². The third-order valence-corrected chi connectivity index (χ3v) is 14.1. The number of thiophene rings is 1. The first-order chi connectivity index (χ1) is 31.2. The Hall–Kier alpha value is -6.75. The monoisotopic (exact) mass is 812 g/mol. The van der Waals surface area contributed by atoms with Crippen molar-refractivity contribution < 1.29 is 0 Å². The summed E-state index contributed by atoms with van der Waals surface area (Å²) in [6.45, 7) is 0. The molecule has 12 aromatic rings. The average Bonchev–Trinajstić information content (AvgIpc) is 4.01. The van der Waals surface area contributed by atoms with Crippen LogP contribution in [0.15, 0.2) is 164 Å². The normalized spacial score (nSPS) is 11.9. The standard InChI is InChI=1S/C54H27B7N2S/c55-46-41(47(56)51(60)53-44(46)45-48(57)49(58)50(59)52(61)54(45)62(53)32-24-21-29(22-25-32)28-11-3-1-4-12-28)31-23-26-36-35(27-31)42-33(30-13-5-2-6-14-30)16-9-17-37(42)63(36)38-18-10-20-40-43(38)34-15-7-8-19-39(34)64-40/h1-27H. The zero-order chi connectivity index (χ0) is 43.5. The molecule has 0 unspecified atom stereocenters. The van der Waals surface area contributed by atoms with Crippen LogP contribution in [-0.4, -0.2) is 64.1 Å². The first-order valence-electron chi connectivity index (χ1n) is 21.0. The van der Waals surface area contributed by atoms with Crippen LogP contribution in [0.1, 0.15) is 0 Å². The van der Waals surface area contributed by atoms with Gasteiger partial charge in [-0.2, -0.15) is 0 Å². The molecule has 0 aliphatic carbocycles. The molecule has 0 bridgehead atoms. The molecule has 3 aromatic heterocycles. The summed E-state index contributed by atoms with van der Waals surface area (Å²) in [5, 5.41) is 5.71. The fraction of sp³-hybridized carbons (Fsp3) is 0. The molecule has 0 saturated carbocycles. The molecule has 0 aliphatic rings. The van der Waals surface area contributed by atoms with E-state index in [1.807, 2.05) is 41.0 Å².